The number of rotatable bonds is 7. The molecule has 0 radical (unpaired) electrons. The Bertz CT molecular complexity index is 606. The van der Waals surface area contributed by atoms with Crippen LogP contribution in [0.2, 0.25) is 0 Å². The van der Waals surface area contributed by atoms with Gasteiger partial charge in [0, 0.05) is 6.42 Å². The molecule has 0 saturated heterocycles. The zero-order chi connectivity index (χ0) is 16.0. The van der Waals surface area contributed by atoms with Crippen molar-refractivity contribution in [3.8, 4) is 0 Å². The maximum Gasteiger partial charge on any atom is 0.349 e. The Hall–Kier alpha value is -1.41. The molecule has 0 aliphatic rings. The smallest absolute Gasteiger partial charge is 0.349 e. The third kappa shape index (κ3) is 4.82. The van der Waals surface area contributed by atoms with Gasteiger partial charge >= 0.3 is 5.97 Å². The third-order valence-corrected chi connectivity index (χ3v) is 5.29. The van der Waals surface area contributed by atoms with Gasteiger partial charge < -0.3 is 4.74 Å². The summed E-state index contributed by atoms with van der Waals surface area (Å²) in [5, 5.41) is 1.46. The third-order valence-electron chi connectivity index (χ3n) is 2.85. The highest BCUT2D eigenvalue weighted by atomic mass is 32.2. The van der Waals surface area contributed by atoms with Gasteiger partial charge in [0.1, 0.15) is 9.77 Å². The van der Waals surface area contributed by atoms with Gasteiger partial charge in [-0.3, -0.25) is 4.79 Å². The lowest BCUT2D eigenvalue weighted by atomic mass is 10.0. The molecule has 0 aromatic carbocycles. The van der Waals surface area contributed by atoms with Crippen molar-refractivity contribution in [2.45, 2.75) is 38.0 Å². The van der Waals surface area contributed by atoms with E-state index in [-0.39, 0.29) is 22.1 Å². The van der Waals surface area contributed by atoms with E-state index < -0.39 is 21.9 Å². The summed E-state index contributed by atoms with van der Waals surface area (Å²) in [6.07, 6.45) is 1.91. The first-order valence-electron chi connectivity index (χ1n) is 6.53. The van der Waals surface area contributed by atoms with Crippen LogP contribution in [0.3, 0.4) is 0 Å². The van der Waals surface area contributed by atoms with E-state index in [0.29, 0.717) is 0 Å². The maximum absolute atomic E-state index is 12.2. The molecular formula is C13H19NO5S2. The van der Waals surface area contributed by atoms with E-state index in [4.69, 9.17) is 0 Å². The monoisotopic (exact) mass is 333 g/mol. The van der Waals surface area contributed by atoms with Crippen molar-refractivity contribution in [1.29, 1.82) is 0 Å². The molecule has 0 spiro atoms. The minimum atomic E-state index is -4.05. The molecular weight excluding hydrogens is 314 g/mol. The van der Waals surface area contributed by atoms with Crippen molar-refractivity contribution in [3.63, 3.8) is 0 Å². The molecule has 1 atom stereocenters. The number of hydrogen-bond acceptors (Lipinski definition) is 6. The highest BCUT2D eigenvalue weighted by molar-refractivity contribution is 7.90. The minimum absolute atomic E-state index is 0.0422. The highest BCUT2D eigenvalue weighted by Gasteiger charge is 2.26. The van der Waals surface area contributed by atoms with Gasteiger partial charge in [-0.15, -0.1) is 11.3 Å². The molecule has 1 aromatic heterocycles. The number of nitrogens with one attached hydrogen (secondary N) is 1. The molecule has 0 bridgehead atoms. The first-order chi connectivity index (χ1) is 9.81. The van der Waals surface area contributed by atoms with E-state index in [9.17, 15) is 18.0 Å². The quantitative estimate of drug-likeness (QED) is 0.772. The maximum atomic E-state index is 12.2. The van der Waals surface area contributed by atoms with Crippen LogP contribution >= 0.6 is 11.3 Å². The summed E-state index contributed by atoms with van der Waals surface area (Å²) in [5.41, 5.74) is 0. The Labute approximate surface area is 128 Å². The molecule has 0 fully saturated rings. The Morgan fingerprint density at radius 1 is 1.43 bits per heavy atom. The fourth-order valence-electron chi connectivity index (χ4n) is 1.91. The summed E-state index contributed by atoms with van der Waals surface area (Å²) in [7, 11) is -2.88. The van der Waals surface area contributed by atoms with Crippen LogP contribution in [0.1, 0.15) is 42.8 Å². The summed E-state index contributed by atoms with van der Waals surface area (Å²) in [6.45, 7) is 3.89. The predicted molar refractivity (Wildman–Crippen MR) is 79.7 cm³/mol. The standard InChI is InChI=1S/C13H19NO5S2/c1-4-5-9(2)8-11(15)14-21(17,18)10-6-7-20-12(10)13(16)19-3/h6-7,9H,4-5,8H2,1-3H3,(H,14,15). The topological polar surface area (TPSA) is 89.5 Å². The number of thiophene rings is 1. The fourth-order valence-corrected chi connectivity index (χ4v) is 4.24. The molecule has 118 valence electrons. The molecule has 0 aliphatic carbocycles. The fraction of sp³-hybridized carbons (Fsp3) is 0.538. The lowest BCUT2D eigenvalue weighted by Crippen LogP contribution is -2.32. The number of carbonyl (C=O) groups excluding carboxylic acids is 2. The Kier molecular flexibility index (Phi) is 6.35. The molecule has 1 heterocycles. The van der Waals surface area contributed by atoms with E-state index in [1.807, 2.05) is 18.6 Å². The second kappa shape index (κ2) is 7.56. The second-order valence-corrected chi connectivity index (χ2v) is 7.30. The number of methoxy groups -OCH3 is 1. The molecule has 0 saturated carbocycles. The molecule has 1 aromatic rings. The van der Waals surface area contributed by atoms with Gasteiger partial charge in [-0.25, -0.2) is 17.9 Å². The molecule has 1 N–H and O–H groups in total. The zero-order valence-electron chi connectivity index (χ0n) is 12.2. The molecule has 0 aliphatic heterocycles. The van der Waals surface area contributed by atoms with Crippen molar-refractivity contribution < 1.29 is 22.7 Å². The van der Waals surface area contributed by atoms with Crippen molar-refractivity contribution in [2.75, 3.05) is 7.11 Å². The van der Waals surface area contributed by atoms with Crippen LogP contribution < -0.4 is 4.72 Å². The van der Waals surface area contributed by atoms with Gasteiger partial charge in [-0.1, -0.05) is 26.7 Å². The largest absolute Gasteiger partial charge is 0.465 e. The highest BCUT2D eigenvalue weighted by Crippen LogP contribution is 2.23. The van der Waals surface area contributed by atoms with Crippen LogP contribution in [0.15, 0.2) is 16.3 Å². The molecule has 8 heteroatoms. The van der Waals surface area contributed by atoms with Crippen molar-refractivity contribution in [3.05, 3.63) is 16.3 Å². The number of sulfonamides is 1. The van der Waals surface area contributed by atoms with Crippen LogP contribution in [0, 0.1) is 5.92 Å². The Morgan fingerprint density at radius 2 is 2.10 bits per heavy atom. The SMILES string of the molecule is CCCC(C)CC(=O)NS(=O)(=O)c1ccsc1C(=O)OC. The lowest BCUT2D eigenvalue weighted by Gasteiger charge is -2.11. The number of amides is 1. The van der Waals surface area contributed by atoms with Crippen LogP contribution in [-0.4, -0.2) is 27.4 Å². The number of carbonyl (C=O) groups is 2. The van der Waals surface area contributed by atoms with Gasteiger partial charge in [0.15, 0.2) is 0 Å². The van der Waals surface area contributed by atoms with Gasteiger partial charge in [0.25, 0.3) is 10.0 Å². The van der Waals surface area contributed by atoms with Crippen LogP contribution in [0.25, 0.3) is 0 Å². The van der Waals surface area contributed by atoms with Crippen LogP contribution in [0.5, 0.6) is 0 Å². The van der Waals surface area contributed by atoms with E-state index >= 15 is 0 Å². The summed E-state index contributed by atoms with van der Waals surface area (Å²) in [5.74, 6) is -1.21. The second-order valence-electron chi connectivity index (χ2n) is 4.73. The van der Waals surface area contributed by atoms with E-state index in [2.05, 4.69) is 4.74 Å². The Morgan fingerprint density at radius 3 is 2.67 bits per heavy atom. The van der Waals surface area contributed by atoms with Gasteiger partial charge in [-0.05, 0) is 17.4 Å². The van der Waals surface area contributed by atoms with Crippen LogP contribution in [-0.2, 0) is 19.6 Å². The number of ether oxygens (including phenoxy) is 1. The number of hydrogen-bond donors (Lipinski definition) is 1. The van der Waals surface area contributed by atoms with Crippen molar-refractivity contribution >= 4 is 33.2 Å². The molecule has 21 heavy (non-hydrogen) atoms. The summed E-state index contributed by atoms with van der Waals surface area (Å²) in [4.78, 5) is 23.0. The average Bonchev–Trinajstić information content (AvgIpc) is 2.87. The van der Waals surface area contributed by atoms with Gasteiger partial charge in [0.05, 0.1) is 7.11 Å². The van der Waals surface area contributed by atoms with Crippen molar-refractivity contribution in [2.24, 2.45) is 5.92 Å². The first kappa shape index (κ1) is 17.6. The van der Waals surface area contributed by atoms with E-state index in [1.54, 1.807) is 0 Å². The molecule has 1 amide bonds. The Balaban J connectivity index is 2.85. The van der Waals surface area contributed by atoms with E-state index in [1.165, 1.54) is 18.6 Å². The zero-order valence-corrected chi connectivity index (χ0v) is 13.8. The van der Waals surface area contributed by atoms with E-state index in [0.717, 1.165) is 24.2 Å². The lowest BCUT2D eigenvalue weighted by molar-refractivity contribution is -0.120. The first-order valence-corrected chi connectivity index (χ1v) is 8.89. The molecule has 1 rings (SSSR count). The predicted octanol–water partition coefficient (Wildman–Crippen LogP) is 2.17. The normalized spacial score (nSPS) is 12.7. The van der Waals surface area contributed by atoms with Gasteiger partial charge in [-0.2, -0.15) is 0 Å². The molecule has 1 unspecified atom stereocenters. The van der Waals surface area contributed by atoms with Gasteiger partial charge in [0.2, 0.25) is 5.91 Å². The summed E-state index contributed by atoms with van der Waals surface area (Å²) < 4.78 is 30.8. The van der Waals surface area contributed by atoms with Crippen LogP contribution in [0.4, 0.5) is 0 Å². The number of esters is 1. The van der Waals surface area contributed by atoms with Crippen molar-refractivity contribution in [1.82, 2.24) is 4.72 Å². The summed E-state index contributed by atoms with van der Waals surface area (Å²) >= 11 is 0.953. The average molecular weight is 333 g/mol. The minimum Gasteiger partial charge on any atom is -0.465 e. The molecule has 6 nitrogen and oxygen atoms in total. The summed E-state index contributed by atoms with van der Waals surface area (Å²) in [6, 6.07) is 1.28.